The van der Waals surface area contributed by atoms with Gasteiger partial charge in [-0.3, -0.25) is 0 Å². The van der Waals surface area contributed by atoms with Crippen LogP contribution >= 0.6 is 0 Å². The fourth-order valence-corrected chi connectivity index (χ4v) is 4.77. The SMILES string of the molecule is COc1ccc(NC(=O)NC2[C@@H](F)CCO[C@@H]2CN2CCC(Cc3ccc(F)cc3)CC2)cc1. The van der Waals surface area contributed by atoms with Gasteiger partial charge in [-0.15, -0.1) is 0 Å². The minimum Gasteiger partial charge on any atom is -0.497 e. The summed E-state index contributed by atoms with van der Waals surface area (Å²) in [5.41, 5.74) is 1.76. The molecule has 2 aliphatic heterocycles. The molecule has 2 fully saturated rings. The Hall–Kier alpha value is -2.71. The molecule has 3 atom stereocenters. The zero-order valence-corrected chi connectivity index (χ0v) is 19.5. The lowest BCUT2D eigenvalue weighted by Gasteiger charge is -2.39. The van der Waals surface area contributed by atoms with Crippen molar-refractivity contribution in [3.05, 3.63) is 59.9 Å². The fraction of sp³-hybridized carbons (Fsp3) is 0.500. The standard InChI is InChI=1S/C26H33F2N3O3/c1-33-22-8-6-21(7-9-22)29-26(32)30-25-23(28)12-15-34-24(25)17-31-13-10-19(11-14-31)16-18-2-4-20(27)5-3-18/h2-9,19,23-25H,10-17H2,1H3,(H2,29,30,32)/t23-,24+,25?/m0/s1. The Labute approximate surface area is 199 Å². The molecule has 2 saturated heterocycles. The molecule has 6 nitrogen and oxygen atoms in total. The second-order valence-electron chi connectivity index (χ2n) is 9.14. The number of piperidine rings is 1. The highest BCUT2D eigenvalue weighted by Crippen LogP contribution is 2.25. The summed E-state index contributed by atoms with van der Waals surface area (Å²) in [5, 5.41) is 5.55. The van der Waals surface area contributed by atoms with Crippen LogP contribution in [-0.4, -0.2) is 62.6 Å². The van der Waals surface area contributed by atoms with E-state index >= 15 is 0 Å². The van der Waals surface area contributed by atoms with E-state index in [-0.39, 0.29) is 12.2 Å². The van der Waals surface area contributed by atoms with Gasteiger partial charge in [-0.2, -0.15) is 0 Å². The van der Waals surface area contributed by atoms with Gasteiger partial charge in [-0.05, 0) is 80.2 Å². The number of likely N-dealkylation sites (tertiary alicyclic amines) is 1. The number of methoxy groups -OCH3 is 1. The van der Waals surface area contributed by atoms with Crippen LogP contribution in [0, 0.1) is 11.7 Å². The lowest BCUT2D eigenvalue weighted by atomic mass is 9.89. The molecular weight excluding hydrogens is 440 g/mol. The van der Waals surface area contributed by atoms with Crippen molar-refractivity contribution in [2.75, 3.05) is 38.7 Å². The topological polar surface area (TPSA) is 62.8 Å². The van der Waals surface area contributed by atoms with E-state index in [2.05, 4.69) is 15.5 Å². The number of amides is 2. The molecule has 34 heavy (non-hydrogen) atoms. The summed E-state index contributed by atoms with van der Waals surface area (Å²) in [6, 6.07) is 12.5. The second kappa shape index (κ2) is 11.6. The predicted octanol–water partition coefficient (Wildman–Crippen LogP) is 4.41. The van der Waals surface area contributed by atoms with Crippen LogP contribution in [0.4, 0.5) is 19.3 Å². The first kappa shape index (κ1) is 24.4. The maximum atomic E-state index is 14.8. The van der Waals surface area contributed by atoms with Crippen molar-refractivity contribution >= 4 is 11.7 Å². The summed E-state index contributed by atoms with van der Waals surface area (Å²) in [6.45, 7) is 2.73. The molecule has 0 saturated carbocycles. The highest BCUT2D eigenvalue weighted by atomic mass is 19.1. The van der Waals surface area contributed by atoms with Gasteiger partial charge in [0.1, 0.15) is 17.7 Å². The maximum absolute atomic E-state index is 14.8. The van der Waals surface area contributed by atoms with Crippen LogP contribution in [0.5, 0.6) is 5.75 Å². The lowest BCUT2D eigenvalue weighted by Crippen LogP contribution is -2.58. The maximum Gasteiger partial charge on any atom is 0.319 e. The monoisotopic (exact) mass is 473 g/mol. The molecule has 2 aromatic rings. The van der Waals surface area contributed by atoms with E-state index in [0.29, 0.717) is 30.5 Å². The molecule has 0 radical (unpaired) electrons. The van der Waals surface area contributed by atoms with Crippen LogP contribution in [-0.2, 0) is 11.2 Å². The van der Waals surface area contributed by atoms with Gasteiger partial charge in [0, 0.05) is 25.3 Å². The van der Waals surface area contributed by atoms with Crippen LogP contribution in [0.1, 0.15) is 24.8 Å². The number of halogens is 2. The first-order chi connectivity index (χ1) is 16.5. The van der Waals surface area contributed by atoms with Crippen LogP contribution < -0.4 is 15.4 Å². The Kier molecular flexibility index (Phi) is 8.34. The average molecular weight is 474 g/mol. The summed E-state index contributed by atoms with van der Waals surface area (Å²) in [7, 11) is 1.58. The number of ether oxygens (including phenoxy) is 2. The Bertz CT molecular complexity index is 918. The average Bonchev–Trinajstić information content (AvgIpc) is 2.84. The van der Waals surface area contributed by atoms with Crippen LogP contribution in [0.15, 0.2) is 48.5 Å². The molecule has 4 rings (SSSR count). The summed E-state index contributed by atoms with van der Waals surface area (Å²) in [4.78, 5) is 14.8. The van der Waals surface area contributed by atoms with Crippen LogP contribution in [0.3, 0.4) is 0 Å². The smallest absolute Gasteiger partial charge is 0.319 e. The number of urea groups is 1. The third-order valence-electron chi connectivity index (χ3n) is 6.74. The molecule has 184 valence electrons. The quantitative estimate of drug-likeness (QED) is 0.626. The zero-order chi connectivity index (χ0) is 23.9. The summed E-state index contributed by atoms with van der Waals surface area (Å²) in [5.74, 6) is 1.03. The third-order valence-corrected chi connectivity index (χ3v) is 6.74. The van der Waals surface area contributed by atoms with Crippen LogP contribution in [0.2, 0.25) is 0 Å². The number of nitrogens with one attached hydrogen (secondary N) is 2. The molecule has 8 heteroatoms. The number of anilines is 1. The van der Waals surface area contributed by atoms with Gasteiger partial charge in [-0.1, -0.05) is 12.1 Å². The molecule has 2 heterocycles. The number of nitrogens with zero attached hydrogens (tertiary/aromatic N) is 1. The van der Waals surface area contributed by atoms with Crippen LogP contribution in [0.25, 0.3) is 0 Å². The molecule has 2 amide bonds. The minimum atomic E-state index is -1.16. The van der Waals surface area contributed by atoms with Crippen molar-refractivity contribution in [1.82, 2.24) is 10.2 Å². The van der Waals surface area contributed by atoms with E-state index in [1.807, 2.05) is 12.1 Å². The van der Waals surface area contributed by atoms with Gasteiger partial charge >= 0.3 is 6.03 Å². The van der Waals surface area contributed by atoms with E-state index < -0.39 is 24.3 Å². The van der Waals surface area contributed by atoms with E-state index in [0.717, 1.165) is 37.9 Å². The number of rotatable bonds is 7. The third kappa shape index (κ3) is 6.67. The minimum absolute atomic E-state index is 0.210. The first-order valence-corrected chi connectivity index (χ1v) is 11.9. The van der Waals surface area contributed by atoms with Crippen molar-refractivity contribution < 1.29 is 23.0 Å². The number of hydrogen-bond acceptors (Lipinski definition) is 4. The van der Waals surface area contributed by atoms with Crippen molar-refractivity contribution in [3.8, 4) is 5.75 Å². The molecule has 2 aromatic carbocycles. The molecule has 0 spiro atoms. The van der Waals surface area contributed by atoms with E-state index in [4.69, 9.17) is 9.47 Å². The molecule has 0 aliphatic carbocycles. The normalized spacial score (nSPS) is 23.9. The molecule has 1 unspecified atom stereocenters. The number of benzene rings is 2. The van der Waals surface area contributed by atoms with Gasteiger partial charge in [0.15, 0.2) is 0 Å². The van der Waals surface area contributed by atoms with E-state index in [1.165, 1.54) is 12.1 Å². The zero-order valence-electron chi connectivity index (χ0n) is 19.5. The van der Waals surface area contributed by atoms with Crippen molar-refractivity contribution in [1.29, 1.82) is 0 Å². The van der Waals surface area contributed by atoms with Crippen molar-refractivity contribution in [2.24, 2.45) is 5.92 Å². The molecular formula is C26H33F2N3O3. The van der Waals surface area contributed by atoms with Gasteiger partial charge in [0.05, 0.1) is 19.3 Å². The fourth-order valence-electron chi connectivity index (χ4n) is 4.77. The van der Waals surface area contributed by atoms with E-state index in [9.17, 15) is 13.6 Å². The molecule has 2 aliphatic rings. The lowest BCUT2D eigenvalue weighted by molar-refractivity contribution is -0.0590. The Morgan fingerprint density at radius 3 is 2.47 bits per heavy atom. The van der Waals surface area contributed by atoms with Gasteiger partial charge in [-0.25, -0.2) is 13.6 Å². The van der Waals surface area contributed by atoms with Crippen molar-refractivity contribution in [3.63, 3.8) is 0 Å². The first-order valence-electron chi connectivity index (χ1n) is 11.9. The highest BCUT2D eigenvalue weighted by molar-refractivity contribution is 5.89. The largest absolute Gasteiger partial charge is 0.497 e. The van der Waals surface area contributed by atoms with E-state index in [1.54, 1.807) is 31.4 Å². The predicted molar refractivity (Wildman–Crippen MR) is 127 cm³/mol. The summed E-state index contributed by atoms with van der Waals surface area (Å²) in [6.07, 6.45) is 1.70. The van der Waals surface area contributed by atoms with Gasteiger partial charge in [0.25, 0.3) is 0 Å². The van der Waals surface area contributed by atoms with Gasteiger partial charge < -0.3 is 25.0 Å². The molecule has 0 aromatic heterocycles. The second-order valence-corrected chi connectivity index (χ2v) is 9.14. The molecule has 2 N–H and O–H groups in total. The summed E-state index contributed by atoms with van der Waals surface area (Å²) < 4.78 is 39.0. The number of carbonyl (C=O) groups excluding carboxylic acids is 1. The highest BCUT2D eigenvalue weighted by Gasteiger charge is 2.37. The molecule has 0 bridgehead atoms. The van der Waals surface area contributed by atoms with Gasteiger partial charge in [0.2, 0.25) is 0 Å². The Morgan fingerprint density at radius 1 is 1.09 bits per heavy atom. The Balaban J connectivity index is 1.27. The van der Waals surface area contributed by atoms with Crippen molar-refractivity contribution in [2.45, 2.75) is 44.0 Å². The number of carbonyl (C=O) groups is 1. The summed E-state index contributed by atoms with van der Waals surface area (Å²) >= 11 is 0. The Morgan fingerprint density at radius 2 is 1.79 bits per heavy atom. The number of alkyl halides is 1. The number of hydrogen-bond donors (Lipinski definition) is 2.